The first-order valence-electron chi connectivity index (χ1n) is 6.82. The number of amides is 1. The molecule has 114 valence electrons. The van der Waals surface area contributed by atoms with Crippen LogP contribution in [0.5, 0.6) is 0 Å². The number of carbonyl (C=O) groups is 1. The van der Waals surface area contributed by atoms with Crippen molar-refractivity contribution >= 4 is 23.3 Å². The molecule has 1 aliphatic rings. The third kappa shape index (κ3) is 5.31. The van der Waals surface area contributed by atoms with E-state index in [1.54, 1.807) is 18.2 Å². The molecule has 0 aromatic rings. The van der Waals surface area contributed by atoms with Crippen LogP contribution in [0.3, 0.4) is 0 Å². The lowest BCUT2D eigenvalue weighted by molar-refractivity contribution is -0.125. The molecule has 1 unspecified atom stereocenters. The smallest absolute Gasteiger partial charge is 0.237 e. The van der Waals surface area contributed by atoms with Gasteiger partial charge in [-0.25, -0.2) is 4.39 Å². The molecule has 1 atom stereocenters. The third-order valence-electron chi connectivity index (χ3n) is 2.83. The van der Waals surface area contributed by atoms with E-state index < -0.39 is 6.17 Å². The highest BCUT2D eigenvalue weighted by Crippen LogP contribution is 2.21. The molecule has 0 heterocycles. The van der Waals surface area contributed by atoms with Gasteiger partial charge in [0.1, 0.15) is 12.0 Å². The lowest BCUT2D eigenvalue weighted by Gasteiger charge is -2.26. The number of allylic oxidation sites excluding steroid dienone is 3. The molecule has 3 nitrogen and oxygen atoms in total. The quantitative estimate of drug-likeness (QED) is 0.412. The van der Waals surface area contributed by atoms with Gasteiger partial charge in [0.15, 0.2) is 0 Å². The zero-order valence-electron chi connectivity index (χ0n) is 12.2. The van der Waals surface area contributed by atoms with Gasteiger partial charge in [0.2, 0.25) is 5.91 Å². The molecule has 1 aliphatic carbocycles. The van der Waals surface area contributed by atoms with Gasteiger partial charge in [0.25, 0.3) is 0 Å². The minimum atomic E-state index is -1.10. The van der Waals surface area contributed by atoms with Crippen molar-refractivity contribution in [3.63, 3.8) is 0 Å². The normalized spacial score (nSPS) is 18.1. The second-order valence-electron chi connectivity index (χ2n) is 4.57. The van der Waals surface area contributed by atoms with Crippen LogP contribution < -0.4 is 0 Å². The van der Waals surface area contributed by atoms with Crippen LogP contribution >= 0.6 is 11.6 Å². The van der Waals surface area contributed by atoms with E-state index in [0.717, 1.165) is 0 Å². The summed E-state index contributed by atoms with van der Waals surface area (Å²) in [6, 6.07) is 0. The Morgan fingerprint density at radius 3 is 2.90 bits per heavy atom. The largest absolute Gasteiger partial charge is 0.274 e. The first kappa shape index (κ1) is 17.4. The highest BCUT2D eigenvalue weighted by molar-refractivity contribution is 6.30. The predicted octanol–water partition coefficient (Wildman–Crippen LogP) is 4.13. The van der Waals surface area contributed by atoms with E-state index in [9.17, 15) is 9.18 Å². The van der Waals surface area contributed by atoms with E-state index in [1.165, 1.54) is 11.0 Å². The predicted molar refractivity (Wildman–Crippen MR) is 86.0 cm³/mol. The number of halogens is 2. The second kappa shape index (κ2) is 8.57. The van der Waals surface area contributed by atoms with Gasteiger partial charge in [0, 0.05) is 23.6 Å². The van der Waals surface area contributed by atoms with Gasteiger partial charge in [-0.1, -0.05) is 37.3 Å². The molecule has 0 N–H and O–H groups in total. The lowest BCUT2D eigenvalue weighted by atomic mass is 10.1. The summed E-state index contributed by atoms with van der Waals surface area (Å²) in [6.07, 6.45) is 6.24. The molecular formula is C16H20ClFN2O. The summed E-state index contributed by atoms with van der Waals surface area (Å²) >= 11 is 5.73. The first-order valence-corrected chi connectivity index (χ1v) is 7.20. The number of hydrogen-bond donors (Lipinski definition) is 0. The first-order chi connectivity index (χ1) is 9.99. The molecule has 0 radical (unpaired) electrons. The summed E-state index contributed by atoms with van der Waals surface area (Å²) in [5, 5.41) is 0.237. The Hall–Kier alpha value is -1.68. The van der Waals surface area contributed by atoms with E-state index in [-0.39, 0.29) is 17.4 Å². The highest BCUT2D eigenvalue weighted by Gasteiger charge is 2.23. The standard InChI is InChI=1S/C16H20ClFN2O/c1-4-9-19-15(5-2)20(16(21)10-12(3)17)14-8-6-7-13(18)11-14/h4,6,8,11,13H,1,3,5,7,9-10H2,2H3. The van der Waals surface area contributed by atoms with Crippen LogP contribution in [-0.4, -0.2) is 29.4 Å². The van der Waals surface area contributed by atoms with E-state index >= 15 is 0 Å². The average Bonchev–Trinajstić information content (AvgIpc) is 2.42. The number of nitrogens with zero attached hydrogens (tertiary/aromatic N) is 2. The van der Waals surface area contributed by atoms with Crippen LogP contribution in [0, 0.1) is 0 Å². The molecule has 1 amide bonds. The molecule has 0 bridgehead atoms. The summed E-state index contributed by atoms with van der Waals surface area (Å²) in [5.74, 6) is 0.285. The fourth-order valence-corrected chi connectivity index (χ4v) is 2.08. The van der Waals surface area contributed by atoms with Crippen molar-refractivity contribution in [3.05, 3.63) is 48.2 Å². The minimum Gasteiger partial charge on any atom is -0.274 e. The average molecular weight is 311 g/mol. The number of amidine groups is 1. The van der Waals surface area contributed by atoms with Crippen LogP contribution in [0.1, 0.15) is 26.2 Å². The third-order valence-corrected chi connectivity index (χ3v) is 2.96. The maximum absolute atomic E-state index is 13.6. The fraction of sp³-hybridized carbons (Fsp3) is 0.375. The van der Waals surface area contributed by atoms with Gasteiger partial charge < -0.3 is 0 Å². The van der Waals surface area contributed by atoms with Crippen molar-refractivity contribution in [3.8, 4) is 0 Å². The van der Waals surface area contributed by atoms with E-state index in [4.69, 9.17) is 11.6 Å². The van der Waals surface area contributed by atoms with Crippen molar-refractivity contribution in [2.75, 3.05) is 6.54 Å². The van der Waals surface area contributed by atoms with Crippen molar-refractivity contribution < 1.29 is 9.18 Å². The number of hydrogen-bond acceptors (Lipinski definition) is 2. The van der Waals surface area contributed by atoms with Gasteiger partial charge in [-0.05, 0) is 12.2 Å². The maximum Gasteiger partial charge on any atom is 0.237 e. The van der Waals surface area contributed by atoms with E-state index in [2.05, 4.69) is 18.2 Å². The monoisotopic (exact) mass is 310 g/mol. The Kier molecular flexibility index (Phi) is 7.09. The summed E-state index contributed by atoms with van der Waals surface area (Å²) in [7, 11) is 0. The minimum absolute atomic E-state index is 0.0171. The van der Waals surface area contributed by atoms with Gasteiger partial charge in [-0.2, -0.15) is 0 Å². The summed E-state index contributed by atoms with van der Waals surface area (Å²) in [4.78, 5) is 18.1. The molecule has 0 aromatic carbocycles. The summed E-state index contributed by atoms with van der Waals surface area (Å²) in [6.45, 7) is 9.43. The summed E-state index contributed by atoms with van der Waals surface area (Å²) in [5.41, 5.74) is 0.487. The Morgan fingerprint density at radius 1 is 1.67 bits per heavy atom. The molecular weight excluding hydrogens is 291 g/mol. The van der Waals surface area contributed by atoms with E-state index in [0.29, 0.717) is 30.9 Å². The Bertz CT molecular complexity index is 508. The van der Waals surface area contributed by atoms with Crippen molar-refractivity contribution in [2.24, 2.45) is 4.99 Å². The van der Waals surface area contributed by atoms with Crippen molar-refractivity contribution in [1.82, 2.24) is 4.90 Å². The SMILES string of the molecule is C=CCN=C(CC)N(C(=O)CC(=C)Cl)C1=CC(F)CC=C1. The fourth-order valence-electron chi connectivity index (χ4n) is 1.97. The number of alkyl halides is 1. The van der Waals surface area contributed by atoms with Crippen LogP contribution in [0.4, 0.5) is 4.39 Å². The van der Waals surface area contributed by atoms with Gasteiger partial charge in [0.05, 0.1) is 13.0 Å². The Labute approximate surface area is 130 Å². The Balaban J connectivity index is 3.15. The highest BCUT2D eigenvalue weighted by atomic mass is 35.5. The number of carbonyl (C=O) groups excluding carboxylic acids is 1. The maximum atomic E-state index is 13.6. The van der Waals surface area contributed by atoms with Gasteiger partial charge in [-0.15, -0.1) is 6.58 Å². The van der Waals surface area contributed by atoms with Crippen LogP contribution in [0.2, 0.25) is 0 Å². The zero-order chi connectivity index (χ0) is 15.8. The van der Waals surface area contributed by atoms with Crippen molar-refractivity contribution in [1.29, 1.82) is 0 Å². The second-order valence-corrected chi connectivity index (χ2v) is 5.10. The topological polar surface area (TPSA) is 32.7 Å². The van der Waals surface area contributed by atoms with Crippen LogP contribution in [-0.2, 0) is 4.79 Å². The molecule has 0 fully saturated rings. The molecule has 5 heteroatoms. The van der Waals surface area contributed by atoms with Crippen LogP contribution in [0.15, 0.2) is 53.2 Å². The lowest BCUT2D eigenvalue weighted by Crippen LogP contribution is -2.36. The molecule has 1 rings (SSSR count). The van der Waals surface area contributed by atoms with Crippen LogP contribution in [0.25, 0.3) is 0 Å². The number of rotatable bonds is 6. The molecule has 0 aliphatic heterocycles. The molecule has 0 saturated heterocycles. The zero-order valence-corrected chi connectivity index (χ0v) is 12.9. The molecule has 0 aromatic heterocycles. The molecule has 0 spiro atoms. The number of aliphatic imine (C=N–C) groups is 1. The van der Waals surface area contributed by atoms with Gasteiger partial charge >= 0.3 is 0 Å². The Morgan fingerprint density at radius 2 is 2.38 bits per heavy atom. The summed E-state index contributed by atoms with van der Waals surface area (Å²) < 4.78 is 13.6. The van der Waals surface area contributed by atoms with Gasteiger partial charge in [-0.3, -0.25) is 14.7 Å². The van der Waals surface area contributed by atoms with E-state index in [1.807, 2.05) is 6.92 Å². The van der Waals surface area contributed by atoms with Crippen molar-refractivity contribution in [2.45, 2.75) is 32.4 Å². The molecule has 21 heavy (non-hydrogen) atoms. The molecule has 0 saturated carbocycles.